The molecule has 1 aliphatic heterocycles. The Morgan fingerprint density at radius 3 is 2.83 bits per heavy atom. The van der Waals surface area contributed by atoms with E-state index in [1.165, 1.54) is 10.4 Å². The Kier molecular flexibility index (Phi) is 5.06. The van der Waals surface area contributed by atoms with Crippen LogP contribution in [0.2, 0.25) is 0 Å². The molecule has 24 heavy (non-hydrogen) atoms. The summed E-state index contributed by atoms with van der Waals surface area (Å²) in [7, 11) is 3.17. The van der Waals surface area contributed by atoms with Crippen LogP contribution in [0.5, 0.6) is 11.5 Å². The van der Waals surface area contributed by atoms with Crippen molar-refractivity contribution in [3.8, 4) is 11.5 Å². The summed E-state index contributed by atoms with van der Waals surface area (Å²) >= 11 is 1.65. The number of thiophene rings is 1. The number of carbonyl (C=O) groups excluding carboxylic acids is 1. The summed E-state index contributed by atoms with van der Waals surface area (Å²) < 4.78 is 16.4. The topological polar surface area (TPSA) is 56.8 Å². The molecule has 0 bridgehead atoms. The number of hydrogen-bond acceptors (Lipinski definition) is 5. The third-order valence-corrected chi connectivity index (χ3v) is 5.19. The first-order valence-corrected chi connectivity index (χ1v) is 8.70. The van der Waals surface area contributed by atoms with Crippen molar-refractivity contribution < 1.29 is 19.0 Å². The maximum atomic E-state index is 12.5. The van der Waals surface area contributed by atoms with Crippen LogP contribution in [0.1, 0.15) is 28.5 Å². The number of methoxy groups -OCH3 is 2. The van der Waals surface area contributed by atoms with Crippen LogP contribution in [0, 0.1) is 6.92 Å². The Morgan fingerprint density at radius 1 is 1.33 bits per heavy atom. The predicted molar refractivity (Wildman–Crippen MR) is 94.2 cm³/mol. The van der Waals surface area contributed by atoms with Gasteiger partial charge in [-0.05, 0) is 42.0 Å². The lowest BCUT2D eigenvalue weighted by Gasteiger charge is -2.23. The smallest absolute Gasteiger partial charge is 0.227 e. The van der Waals surface area contributed by atoms with E-state index in [1.807, 2.05) is 13.0 Å². The highest BCUT2D eigenvalue weighted by molar-refractivity contribution is 7.10. The summed E-state index contributed by atoms with van der Waals surface area (Å²) in [6.45, 7) is 2.59. The molecule has 0 saturated carbocycles. The summed E-state index contributed by atoms with van der Waals surface area (Å²) in [5.41, 5.74) is 2.94. The quantitative estimate of drug-likeness (QED) is 0.896. The van der Waals surface area contributed by atoms with Gasteiger partial charge in [0.15, 0.2) is 11.5 Å². The molecule has 1 atom stereocenters. The summed E-state index contributed by atoms with van der Waals surface area (Å²) in [6.07, 6.45) is 1.07. The Hall–Kier alpha value is -2.05. The summed E-state index contributed by atoms with van der Waals surface area (Å²) in [5, 5.41) is 5.01. The van der Waals surface area contributed by atoms with Gasteiger partial charge in [0.25, 0.3) is 0 Å². The van der Waals surface area contributed by atoms with E-state index in [2.05, 4.69) is 16.8 Å². The normalized spacial score (nSPS) is 16.4. The molecular weight excluding hydrogens is 326 g/mol. The van der Waals surface area contributed by atoms with Gasteiger partial charge in [-0.25, -0.2) is 0 Å². The maximum absolute atomic E-state index is 12.5. The number of aryl methyl sites for hydroxylation is 1. The van der Waals surface area contributed by atoms with Gasteiger partial charge in [-0.3, -0.25) is 4.79 Å². The second-order valence-electron chi connectivity index (χ2n) is 5.69. The molecule has 128 valence electrons. The minimum Gasteiger partial charge on any atom is -0.493 e. The summed E-state index contributed by atoms with van der Waals surface area (Å²) in [4.78, 5) is 13.6. The molecule has 1 aromatic heterocycles. The van der Waals surface area contributed by atoms with Crippen molar-refractivity contribution in [3.63, 3.8) is 0 Å². The second kappa shape index (κ2) is 7.23. The Balaban J connectivity index is 1.72. The average molecular weight is 347 g/mol. The third kappa shape index (κ3) is 3.39. The molecule has 3 rings (SSSR count). The first-order valence-electron chi connectivity index (χ1n) is 7.82. The van der Waals surface area contributed by atoms with Crippen LogP contribution in [0.25, 0.3) is 0 Å². The third-order valence-electron chi connectivity index (χ3n) is 4.14. The average Bonchev–Trinajstić information content (AvgIpc) is 3.06. The SMILES string of the molecule is COc1cc(C)c(NC(=O)CC2OCCc3ccsc32)cc1OC. The van der Waals surface area contributed by atoms with E-state index in [-0.39, 0.29) is 12.0 Å². The fourth-order valence-electron chi connectivity index (χ4n) is 2.86. The van der Waals surface area contributed by atoms with Crippen molar-refractivity contribution in [2.24, 2.45) is 0 Å². The molecule has 0 spiro atoms. The van der Waals surface area contributed by atoms with E-state index >= 15 is 0 Å². The molecule has 0 radical (unpaired) electrons. The number of fused-ring (bicyclic) bond motifs is 1. The zero-order valence-corrected chi connectivity index (χ0v) is 14.9. The first-order chi connectivity index (χ1) is 11.6. The van der Waals surface area contributed by atoms with Gasteiger partial charge in [0, 0.05) is 16.6 Å². The molecule has 2 aromatic rings. The molecule has 2 heterocycles. The first kappa shape index (κ1) is 16.8. The predicted octanol–water partition coefficient (Wildman–Crippen LogP) is 3.72. The van der Waals surface area contributed by atoms with Crippen molar-refractivity contribution in [2.75, 3.05) is 26.1 Å². The number of rotatable bonds is 5. The fraction of sp³-hybridized carbons (Fsp3) is 0.389. The van der Waals surface area contributed by atoms with Gasteiger partial charge in [-0.15, -0.1) is 11.3 Å². The number of anilines is 1. The molecule has 1 N–H and O–H groups in total. The highest BCUT2D eigenvalue weighted by Crippen LogP contribution is 2.35. The number of nitrogens with one attached hydrogen (secondary N) is 1. The summed E-state index contributed by atoms with van der Waals surface area (Å²) in [5.74, 6) is 1.16. The zero-order valence-electron chi connectivity index (χ0n) is 14.0. The van der Waals surface area contributed by atoms with E-state index in [9.17, 15) is 4.79 Å². The molecule has 0 saturated heterocycles. The molecule has 0 fully saturated rings. The minimum atomic E-state index is -0.158. The lowest BCUT2D eigenvalue weighted by Crippen LogP contribution is -2.21. The standard InChI is InChI=1S/C18H21NO4S/c1-11-8-14(21-2)15(22-3)9-13(11)19-17(20)10-16-18-12(4-6-23-16)5-7-24-18/h5,7-9,16H,4,6,10H2,1-3H3,(H,19,20). The molecule has 5 nitrogen and oxygen atoms in total. The number of benzene rings is 1. The van der Waals surface area contributed by atoms with E-state index in [1.54, 1.807) is 31.6 Å². The van der Waals surface area contributed by atoms with Crippen LogP contribution in [0.15, 0.2) is 23.6 Å². The number of ether oxygens (including phenoxy) is 3. The maximum Gasteiger partial charge on any atom is 0.227 e. The van der Waals surface area contributed by atoms with Gasteiger partial charge in [-0.2, -0.15) is 0 Å². The number of carbonyl (C=O) groups is 1. The Labute approximate surface area is 145 Å². The van der Waals surface area contributed by atoms with Crippen molar-refractivity contribution >= 4 is 22.9 Å². The largest absolute Gasteiger partial charge is 0.493 e. The van der Waals surface area contributed by atoms with Crippen LogP contribution >= 0.6 is 11.3 Å². The molecule has 1 aliphatic rings. The van der Waals surface area contributed by atoms with Gasteiger partial charge in [0.2, 0.25) is 5.91 Å². The highest BCUT2D eigenvalue weighted by Gasteiger charge is 2.25. The van der Waals surface area contributed by atoms with Crippen molar-refractivity contribution in [1.82, 2.24) is 0 Å². The van der Waals surface area contributed by atoms with Gasteiger partial charge in [-0.1, -0.05) is 0 Å². The van der Waals surface area contributed by atoms with E-state index in [4.69, 9.17) is 14.2 Å². The molecular formula is C18H21NO4S. The fourth-order valence-corrected chi connectivity index (χ4v) is 3.86. The van der Waals surface area contributed by atoms with Gasteiger partial charge in [0.1, 0.15) is 6.10 Å². The lowest BCUT2D eigenvalue weighted by atomic mass is 10.1. The second-order valence-corrected chi connectivity index (χ2v) is 6.64. The van der Waals surface area contributed by atoms with E-state index in [0.29, 0.717) is 24.5 Å². The van der Waals surface area contributed by atoms with Gasteiger partial charge < -0.3 is 19.5 Å². The van der Waals surface area contributed by atoms with Crippen molar-refractivity contribution in [3.05, 3.63) is 39.6 Å². The number of hydrogen-bond donors (Lipinski definition) is 1. The molecule has 1 unspecified atom stereocenters. The van der Waals surface area contributed by atoms with E-state index < -0.39 is 0 Å². The molecule has 6 heteroatoms. The lowest BCUT2D eigenvalue weighted by molar-refractivity contribution is -0.119. The van der Waals surface area contributed by atoms with Gasteiger partial charge >= 0.3 is 0 Å². The Bertz CT molecular complexity index is 741. The van der Waals surface area contributed by atoms with Crippen LogP contribution in [-0.2, 0) is 16.0 Å². The Morgan fingerprint density at radius 2 is 2.08 bits per heavy atom. The number of amides is 1. The molecule has 0 aliphatic carbocycles. The van der Waals surface area contributed by atoms with Crippen molar-refractivity contribution in [2.45, 2.75) is 25.9 Å². The van der Waals surface area contributed by atoms with Crippen LogP contribution < -0.4 is 14.8 Å². The molecule has 1 amide bonds. The molecule has 1 aromatic carbocycles. The van der Waals surface area contributed by atoms with E-state index in [0.717, 1.165) is 17.7 Å². The highest BCUT2D eigenvalue weighted by atomic mass is 32.1. The van der Waals surface area contributed by atoms with Crippen molar-refractivity contribution in [1.29, 1.82) is 0 Å². The summed E-state index contributed by atoms with van der Waals surface area (Å²) in [6, 6.07) is 5.75. The minimum absolute atomic E-state index is 0.0726. The van der Waals surface area contributed by atoms with Crippen LogP contribution in [-0.4, -0.2) is 26.7 Å². The van der Waals surface area contributed by atoms with Crippen LogP contribution in [0.4, 0.5) is 5.69 Å². The van der Waals surface area contributed by atoms with Gasteiger partial charge in [0.05, 0.1) is 27.2 Å². The monoisotopic (exact) mass is 347 g/mol. The zero-order chi connectivity index (χ0) is 17.1. The van der Waals surface area contributed by atoms with Crippen LogP contribution in [0.3, 0.4) is 0 Å².